The smallest absolute Gasteiger partial charge is 0.228 e. The Morgan fingerprint density at radius 3 is 2.85 bits per heavy atom. The summed E-state index contributed by atoms with van der Waals surface area (Å²) in [7, 11) is 1.84. The van der Waals surface area contributed by atoms with Crippen molar-refractivity contribution >= 4 is 23.4 Å². The second-order valence-electron chi connectivity index (χ2n) is 5.44. The van der Waals surface area contributed by atoms with Crippen molar-refractivity contribution in [3.8, 4) is 0 Å². The molecule has 110 valence electrons. The van der Waals surface area contributed by atoms with E-state index in [4.69, 9.17) is 0 Å². The molecule has 2 rings (SSSR count). The third-order valence-corrected chi connectivity index (χ3v) is 5.11. The molecule has 4 heteroatoms. The molecule has 1 aromatic carbocycles. The standard InChI is InChI=1S/C16H24N2OS/c1-13(17-12-15-9-6-10-20-15)11-16(19)18(2)14-7-4-3-5-8-14/h3-5,7-8,13,15,17H,6,9-12H2,1-2H3/t13-,15-/m1/s1. The highest BCUT2D eigenvalue weighted by Gasteiger charge is 2.18. The van der Waals surface area contributed by atoms with Gasteiger partial charge in [-0.1, -0.05) is 18.2 Å². The Balaban J connectivity index is 1.75. The number of carbonyl (C=O) groups is 1. The fourth-order valence-electron chi connectivity index (χ4n) is 2.40. The Kier molecular flexibility index (Phi) is 5.92. The molecule has 1 heterocycles. The van der Waals surface area contributed by atoms with Crippen LogP contribution in [0, 0.1) is 0 Å². The van der Waals surface area contributed by atoms with Crippen molar-refractivity contribution in [3.05, 3.63) is 30.3 Å². The first-order valence-electron chi connectivity index (χ1n) is 7.33. The van der Waals surface area contributed by atoms with E-state index in [2.05, 4.69) is 12.2 Å². The third-order valence-electron chi connectivity index (χ3n) is 3.72. The molecule has 0 aromatic heterocycles. The van der Waals surface area contributed by atoms with E-state index in [1.165, 1.54) is 18.6 Å². The number of carbonyl (C=O) groups excluding carboxylic acids is 1. The first-order chi connectivity index (χ1) is 9.66. The van der Waals surface area contributed by atoms with Crippen molar-refractivity contribution in [2.24, 2.45) is 0 Å². The van der Waals surface area contributed by atoms with Crippen molar-refractivity contribution in [1.29, 1.82) is 0 Å². The van der Waals surface area contributed by atoms with E-state index in [0.29, 0.717) is 6.42 Å². The average Bonchev–Trinajstić information content (AvgIpc) is 2.98. The van der Waals surface area contributed by atoms with Crippen LogP contribution in [-0.2, 0) is 4.79 Å². The summed E-state index contributed by atoms with van der Waals surface area (Å²) in [6.45, 7) is 3.12. The van der Waals surface area contributed by atoms with Crippen LogP contribution in [0.1, 0.15) is 26.2 Å². The predicted octanol–water partition coefficient (Wildman–Crippen LogP) is 2.91. The van der Waals surface area contributed by atoms with Gasteiger partial charge >= 0.3 is 0 Å². The van der Waals surface area contributed by atoms with E-state index in [1.54, 1.807) is 4.90 Å². The van der Waals surface area contributed by atoms with Gasteiger partial charge in [-0.15, -0.1) is 0 Å². The van der Waals surface area contributed by atoms with Gasteiger partial charge in [-0.05, 0) is 37.7 Å². The van der Waals surface area contributed by atoms with Crippen LogP contribution >= 0.6 is 11.8 Å². The number of para-hydroxylation sites is 1. The Labute approximate surface area is 126 Å². The van der Waals surface area contributed by atoms with Gasteiger partial charge in [0.1, 0.15) is 0 Å². The molecule has 0 bridgehead atoms. The topological polar surface area (TPSA) is 32.3 Å². The molecule has 1 aromatic rings. The lowest BCUT2D eigenvalue weighted by Gasteiger charge is -2.21. The van der Waals surface area contributed by atoms with Gasteiger partial charge in [0, 0.05) is 37.0 Å². The Morgan fingerprint density at radius 2 is 2.20 bits per heavy atom. The minimum Gasteiger partial charge on any atom is -0.315 e. The Morgan fingerprint density at radius 1 is 1.45 bits per heavy atom. The van der Waals surface area contributed by atoms with Gasteiger partial charge in [-0.2, -0.15) is 11.8 Å². The summed E-state index contributed by atoms with van der Waals surface area (Å²) in [5, 5.41) is 4.23. The zero-order chi connectivity index (χ0) is 14.4. The Bertz CT molecular complexity index is 418. The fraction of sp³-hybridized carbons (Fsp3) is 0.562. The molecule has 0 unspecified atom stereocenters. The molecule has 1 saturated heterocycles. The number of nitrogens with zero attached hydrogens (tertiary/aromatic N) is 1. The molecule has 20 heavy (non-hydrogen) atoms. The molecule has 1 aliphatic heterocycles. The molecular formula is C16H24N2OS. The minimum absolute atomic E-state index is 0.162. The van der Waals surface area contributed by atoms with E-state index in [1.807, 2.05) is 49.1 Å². The molecular weight excluding hydrogens is 268 g/mol. The van der Waals surface area contributed by atoms with Crippen molar-refractivity contribution in [1.82, 2.24) is 5.32 Å². The van der Waals surface area contributed by atoms with E-state index >= 15 is 0 Å². The van der Waals surface area contributed by atoms with Gasteiger partial charge in [-0.3, -0.25) is 4.79 Å². The number of hydrogen-bond donors (Lipinski definition) is 1. The molecule has 1 amide bonds. The average molecular weight is 292 g/mol. The number of rotatable bonds is 6. The van der Waals surface area contributed by atoms with Crippen molar-refractivity contribution < 1.29 is 4.79 Å². The van der Waals surface area contributed by atoms with Gasteiger partial charge in [0.05, 0.1) is 0 Å². The molecule has 0 saturated carbocycles. The van der Waals surface area contributed by atoms with Gasteiger partial charge in [0.15, 0.2) is 0 Å². The highest BCUT2D eigenvalue weighted by molar-refractivity contribution is 8.00. The molecule has 1 fully saturated rings. The summed E-state index contributed by atoms with van der Waals surface area (Å²) in [6, 6.07) is 10.0. The largest absolute Gasteiger partial charge is 0.315 e. The quantitative estimate of drug-likeness (QED) is 0.875. The molecule has 0 radical (unpaired) electrons. The van der Waals surface area contributed by atoms with Crippen molar-refractivity contribution in [2.45, 2.75) is 37.5 Å². The molecule has 3 nitrogen and oxygen atoms in total. The van der Waals surface area contributed by atoms with Crippen molar-refractivity contribution in [3.63, 3.8) is 0 Å². The first-order valence-corrected chi connectivity index (χ1v) is 8.38. The zero-order valence-corrected chi connectivity index (χ0v) is 13.2. The normalized spacial score (nSPS) is 19.8. The van der Waals surface area contributed by atoms with Gasteiger partial charge in [-0.25, -0.2) is 0 Å². The fourth-order valence-corrected chi connectivity index (χ4v) is 3.62. The summed E-state index contributed by atoms with van der Waals surface area (Å²) in [5.41, 5.74) is 0.955. The summed E-state index contributed by atoms with van der Waals surface area (Å²) in [6.07, 6.45) is 3.19. The molecule has 1 N–H and O–H groups in total. The van der Waals surface area contributed by atoms with Gasteiger partial charge in [0.25, 0.3) is 0 Å². The SMILES string of the molecule is C[C@H](CC(=O)N(C)c1ccccc1)NC[C@H]1CCCS1. The van der Waals surface area contributed by atoms with Crippen LogP contribution in [0.4, 0.5) is 5.69 Å². The van der Waals surface area contributed by atoms with E-state index in [0.717, 1.165) is 17.5 Å². The lowest BCUT2D eigenvalue weighted by Crippen LogP contribution is -2.37. The Hall–Kier alpha value is -1.00. The van der Waals surface area contributed by atoms with Crippen LogP contribution in [0.25, 0.3) is 0 Å². The van der Waals surface area contributed by atoms with E-state index in [9.17, 15) is 4.79 Å². The summed E-state index contributed by atoms with van der Waals surface area (Å²) < 4.78 is 0. The number of benzene rings is 1. The van der Waals surface area contributed by atoms with Crippen LogP contribution in [0.2, 0.25) is 0 Å². The lowest BCUT2D eigenvalue weighted by molar-refractivity contribution is -0.118. The first kappa shape index (κ1) is 15.4. The summed E-state index contributed by atoms with van der Waals surface area (Å²) in [4.78, 5) is 14.0. The number of amides is 1. The molecule has 0 aliphatic carbocycles. The highest BCUT2D eigenvalue weighted by atomic mass is 32.2. The third kappa shape index (κ3) is 4.53. The molecule has 0 spiro atoms. The lowest BCUT2D eigenvalue weighted by atomic mass is 10.2. The maximum absolute atomic E-state index is 12.2. The highest BCUT2D eigenvalue weighted by Crippen LogP contribution is 2.25. The second kappa shape index (κ2) is 7.70. The molecule has 2 atom stereocenters. The zero-order valence-electron chi connectivity index (χ0n) is 12.3. The number of anilines is 1. The summed E-state index contributed by atoms with van der Waals surface area (Å²) in [5.74, 6) is 1.45. The predicted molar refractivity (Wildman–Crippen MR) is 87.4 cm³/mol. The van der Waals surface area contributed by atoms with Crippen LogP contribution < -0.4 is 10.2 Å². The van der Waals surface area contributed by atoms with Crippen LogP contribution in [0.3, 0.4) is 0 Å². The van der Waals surface area contributed by atoms with E-state index < -0.39 is 0 Å². The maximum atomic E-state index is 12.2. The van der Waals surface area contributed by atoms with Crippen LogP contribution in [-0.4, -0.2) is 36.5 Å². The molecule has 1 aliphatic rings. The van der Waals surface area contributed by atoms with Crippen molar-refractivity contribution in [2.75, 3.05) is 24.2 Å². The minimum atomic E-state index is 0.162. The number of hydrogen-bond acceptors (Lipinski definition) is 3. The van der Waals surface area contributed by atoms with Crippen LogP contribution in [0.15, 0.2) is 30.3 Å². The summed E-state index contributed by atoms with van der Waals surface area (Å²) >= 11 is 2.05. The van der Waals surface area contributed by atoms with Gasteiger partial charge in [0.2, 0.25) is 5.91 Å². The number of nitrogens with one attached hydrogen (secondary N) is 1. The van der Waals surface area contributed by atoms with E-state index in [-0.39, 0.29) is 11.9 Å². The number of thioether (sulfide) groups is 1. The second-order valence-corrected chi connectivity index (χ2v) is 6.85. The maximum Gasteiger partial charge on any atom is 0.228 e. The monoisotopic (exact) mass is 292 g/mol. The van der Waals surface area contributed by atoms with Crippen LogP contribution in [0.5, 0.6) is 0 Å². The van der Waals surface area contributed by atoms with Gasteiger partial charge < -0.3 is 10.2 Å².